The van der Waals surface area contributed by atoms with E-state index in [-0.39, 0.29) is 5.69 Å². The zero-order valence-corrected chi connectivity index (χ0v) is 8.38. The monoisotopic (exact) mass is 206 g/mol. The Labute approximate surface area is 85.5 Å². The average molecular weight is 206 g/mol. The highest BCUT2D eigenvalue weighted by molar-refractivity contribution is 6.03. The summed E-state index contributed by atoms with van der Waals surface area (Å²) in [7, 11) is 3.51. The standard InChI is InChI=1S/C8H10N6O/c1-13(2)14-6(7(9)15)5-3-10-4-11-8(5)12-14/h3-4H,1-2H3,(H2,9,15). The van der Waals surface area contributed by atoms with Gasteiger partial charge in [0.2, 0.25) is 0 Å². The third-order valence-electron chi connectivity index (χ3n) is 1.95. The van der Waals surface area contributed by atoms with Gasteiger partial charge in [0.25, 0.3) is 5.91 Å². The van der Waals surface area contributed by atoms with Crippen LogP contribution in [-0.4, -0.2) is 39.9 Å². The first-order valence-electron chi connectivity index (χ1n) is 4.27. The van der Waals surface area contributed by atoms with Crippen molar-refractivity contribution in [3.8, 4) is 0 Å². The van der Waals surface area contributed by atoms with Crippen LogP contribution in [0.3, 0.4) is 0 Å². The average Bonchev–Trinajstić information content (AvgIpc) is 2.56. The Morgan fingerprint density at radius 3 is 2.87 bits per heavy atom. The topological polar surface area (TPSA) is 89.9 Å². The minimum absolute atomic E-state index is 0.288. The molecule has 1 amide bonds. The molecule has 0 atom stereocenters. The van der Waals surface area contributed by atoms with Crippen LogP contribution < -0.4 is 10.7 Å². The molecule has 2 N–H and O–H groups in total. The van der Waals surface area contributed by atoms with Gasteiger partial charge >= 0.3 is 0 Å². The summed E-state index contributed by atoms with van der Waals surface area (Å²) < 4.78 is 0. The van der Waals surface area contributed by atoms with Crippen molar-refractivity contribution >= 4 is 16.9 Å². The molecule has 0 radical (unpaired) electrons. The second-order valence-electron chi connectivity index (χ2n) is 3.21. The highest BCUT2D eigenvalue weighted by Crippen LogP contribution is 2.13. The Hall–Kier alpha value is -2.18. The summed E-state index contributed by atoms with van der Waals surface area (Å²) in [5, 5.41) is 6.32. The van der Waals surface area contributed by atoms with Crippen LogP contribution in [0.25, 0.3) is 11.0 Å². The van der Waals surface area contributed by atoms with Gasteiger partial charge in [-0.2, -0.15) is 4.79 Å². The third-order valence-corrected chi connectivity index (χ3v) is 1.95. The van der Waals surface area contributed by atoms with Gasteiger partial charge in [-0.05, 0) is 0 Å². The van der Waals surface area contributed by atoms with Crippen LogP contribution in [0.15, 0.2) is 12.5 Å². The number of carbonyl (C=O) groups excluding carboxylic acids is 1. The highest BCUT2D eigenvalue weighted by atomic mass is 16.1. The van der Waals surface area contributed by atoms with Crippen LogP contribution in [0.2, 0.25) is 0 Å². The quantitative estimate of drug-likeness (QED) is 0.689. The molecule has 0 aliphatic carbocycles. The molecule has 7 heteroatoms. The second-order valence-corrected chi connectivity index (χ2v) is 3.21. The molecule has 0 aliphatic heterocycles. The predicted molar refractivity (Wildman–Crippen MR) is 53.9 cm³/mol. The van der Waals surface area contributed by atoms with Gasteiger partial charge in [-0.3, -0.25) is 4.79 Å². The number of aromatic nitrogens is 4. The molecule has 2 aromatic heterocycles. The predicted octanol–water partition coefficient (Wildman–Crippen LogP) is -0.877. The maximum Gasteiger partial charge on any atom is 0.269 e. The number of hydrogen-bond acceptors (Lipinski definition) is 5. The summed E-state index contributed by atoms with van der Waals surface area (Å²) >= 11 is 0. The number of primary amides is 1. The van der Waals surface area contributed by atoms with E-state index in [1.807, 2.05) is 0 Å². The van der Waals surface area contributed by atoms with Crippen molar-refractivity contribution < 1.29 is 4.79 Å². The van der Waals surface area contributed by atoms with E-state index < -0.39 is 5.91 Å². The van der Waals surface area contributed by atoms with Gasteiger partial charge in [-0.1, -0.05) is 0 Å². The fourth-order valence-corrected chi connectivity index (χ4v) is 1.34. The second kappa shape index (κ2) is 3.19. The van der Waals surface area contributed by atoms with Crippen molar-refractivity contribution in [2.75, 3.05) is 19.1 Å². The maximum absolute atomic E-state index is 11.3. The van der Waals surface area contributed by atoms with Crippen molar-refractivity contribution in [2.45, 2.75) is 0 Å². The summed E-state index contributed by atoms with van der Waals surface area (Å²) in [4.78, 5) is 20.5. The first kappa shape index (κ1) is 9.38. The molecule has 78 valence electrons. The van der Waals surface area contributed by atoms with Crippen molar-refractivity contribution in [1.29, 1.82) is 0 Å². The van der Waals surface area contributed by atoms with Crippen molar-refractivity contribution in [1.82, 2.24) is 19.9 Å². The van der Waals surface area contributed by atoms with E-state index in [2.05, 4.69) is 15.1 Å². The molecule has 0 saturated heterocycles. The normalized spacial score (nSPS) is 10.5. The lowest BCUT2D eigenvalue weighted by Crippen LogP contribution is -2.31. The molecular weight excluding hydrogens is 196 g/mol. The molecule has 2 heterocycles. The van der Waals surface area contributed by atoms with E-state index in [1.54, 1.807) is 19.1 Å². The van der Waals surface area contributed by atoms with Gasteiger partial charge in [0.1, 0.15) is 6.33 Å². The molecule has 0 aliphatic rings. The molecule has 0 spiro atoms. The molecule has 0 saturated carbocycles. The van der Waals surface area contributed by atoms with Gasteiger partial charge in [0.15, 0.2) is 11.3 Å². The van der Waals surface area contributed by atoms with E-state index in [4.69, 9.17) is 5.73 Å². The third kappa shape index (κ3) is 1.37. The van der Waals surface area contributed by atoms with Gasteiger partial charge < -0.3 is 10.7 Å². The van der Waals surface area contributed by atoms with Crippen LogP contribution in [0.5, 0.6) is 0 Å². The summed E-state index contributed by atoms with van der Waals surface area (Å²) in [6.07, 6.45) is 2.90. The smallest absolute Gasteiger partial charge is 0.269 e. The molecule has 7 nitrogen and oxygen atoms in total. The SMILES string of the molecule is CN(C)n1nc2ncncc2c1C(N)=O. The van der Waals surface area contributed by atoms with Crippen molar-refractivity contribution in [2.24, 2.45) is 5.73 Å². The lowest BCUT2D eigenvalue weighted by atomic mass is 10.3. The van der Waals surface area contributed by atoms with E-state index >= 15 is 0 Å². The summed E-state index contributed by atoms with van der Waals surface area (Å²) in [5.74, 6) is -0.555. The molecule has 0 fully saturated rings. The number of fused-ring (bicyclic) bond motifs is 1. The van der Waals surface area contributed by atoms with Crippen LogP contribution in [0, 0.1) is 0 Å². The Morgan fingerprint density at radius 1 is 1.53 bits per heavy atom. The van der Waals surface area contributed by atoms with E-state index in [1.165, 1.54) is 17.3 Å². The maximum atomic E-state index is 11.3. The number of nitrogens with two attached hydrogens (primary N) is 1. The zero-order chi connectivity index (χ0) is 11.0. The van der Waals surface area contributed by atoms with Crippen LogP contribution in [0.4, 0.5) is 0 Å². The summed E-state index contributed by atoms with van der Waals surface area (Å²) in [5.41, 5.74) is 6.02. The lowest BCUT2D eigenvalue weighted by Gasteiger charge is -2.13. The number of nitrogens with zero attached hydrogens (tertiary/aromatic N) is 5. The Bertz CT molecular complexity index is 517. The van der Waals surface area contributed by atoms with Crippen LogP contribution in [-0.2, 0) is 0 Å². The molecule has 2 aromatic rings. The van der Waals surface area contributed by atoms with E-state index in [0.717, 1.165) is 0 Å². The number of carbonyl (C=O) groups is 1. The highest BCUT2D eigenvalue weighted by Gasteiger charge is 2.17. The minimum atomic E-state index is -0.555. The Kier molecular flexibility index (Phi) is 2.00. The fourth-order valence-electron chi connectivity index (χ4n) is 1.34. The number of rotatable bonds is 2. The van der Waals surface area contributed by atoms with E-state index in [9.17, 15) is 4.79 Å². The van der Waals surface area contributed by atoms with Crippen molar-refractivity contribution in [3.05, 3.63) is 18.2 Å². The first-order valence-corrected chi connectivity index (χ1v) is 4.27. The molecule has 0 unspecified atom stereocenters. The summed E-state index contributed by atoms with van der Waals surface area (Å²) in [6, 6.07) is 0. The van der Waals surface area contributed by atoms with Gasteiger partial charge in [-0.25, -0.2) is 9.97 Å². The largest absolute Gasteiger partial charge is 0.364 e. The van der Waals surface area contributed by atoms with Crippen molar-refractivity contribution in [3.63, 3.8) is 0 Å². The Morgan fingerprint density at radius 2 is 2.27 bits per heavy atom. The molecular formula is C8H10N6O. The van der Waals surface area contributed by atoms with Crippen LogP contribution in [0.1, 0.15) is 10.5 Å². The minimum Gasteiger partial charge on any atom is -0.364 e. The van der Waals surface area contributed by atoms with E-state index in [0.29, 0.717) is 11.0 Å². The Balaban J connectivity index is 2.80. The molecule has 0 bridgehead atoms. The first-order chi connectivity index (χ1) is 7.11. The zero-order valence-electron chi connectivity index (χ0n) is 8.38. The molecule has 15 heavy (non-hydrogen) atoms. The van der Waals surface area contributed by atoms with Gasteiger partial charge in [-0.15, -0.1) is 5.10 Å². The molecule has 0 aromatic carbocycles. The number of hydrogen-bond donors (Lipinski definition) is 1. The van der Waals surface area contributed by atoms with Gasteiger partial charge in [0, 0.05) is 20.3 Å². The van der Waals surface area contributed by atoms with Crippen LogP contribution >= 0.6 is 0 Å². The summed E-state index contributed by atoms with van der Waals surface area (Å²) in [6.45, 7) is 0. The fraction of sp³-hybridized carbons (Fsp3) is 0.250. The van der Waals surface area contributed by atoms with Gasteiger partial charge in [0.05, 0.1) is 5.39 Å². The molecule has 2 rings (SSSR count). The lowest BCUT2D eigenvalue weighted by molar-refractivity contribution is 0.0991. The number of amides is 1.